The number of non-ortho nitro benzene ring substituents is 1. The van der Waals surface area contributed by atoms with Crippen molar-refractivity contribution in [1.82, 2.24) is 4.90 Å². The molecule has 116 valence electrons. The maximum absolute atomic E-state index is 10.6. The van der Waals surface area contributed by atoms with Gasteiger partial charge in [0.1, 0.15) is 11.5 Å². The molecule has 0 radical (unpaired) electrons. The molecule has 0 unspecified atom stereocenters. The minimum absolute atomic E-state index is 0.0314. The summed E-state index contributed by atoms with van der Waals surface area (Å²) in [6.45, 7) is 0.934. The summed E-state index contributed by atoms with van der Waals surface area (Å²) in [5, 5.41) is 19.3. The quantitative estimate of drug-likeness (QED) is 0.624. The van der Waals surface area contributed by atoms with Crippen LogP contribution in [0.5, 0.6) is 0 Å². The Hall–Kier alpha value is -2.67. The zero-order valence-electron chi connectivity index (χ0n) is 12.1. The first kappa shape index (κ1) is 15.7. The van der Waals surface area contributed by atoms with Crippen molar-refractivity contribution < 1.29 is 19.2 Å². The summed E-state index contributed by atoms with van der Waals surface area (Å²) in [6, 6.07) is 9.73. The smallest absolute Gasteiger partial charge is 0.304 e. The Labute approximate surface area is 126 Å². The van der Waals surface area contributed by atoms with E-state index in [0.29, 0.717) is 24.6 Å². The zero-order valence-corrected chi connectivity index (χ0v) is 12.1. The minimum Gasteiger partial charge on any atom is -0.481 e. The summed E-state index contributed by atoms with van der Waals surface area (Å²) >= 11 is 0. The summed E-state index contributed by atoms with van der Waals surface area (Å²) in [6.07, 6.45) is 0.0758. The van der Waals surface area contributed by atoms with Gasteiger partial charge in [0.05, 0.1) is 17.9 Å². The van der Waals surface area contributed by atoms with Gasteiger partial charge in [-0.15, -0.1) is 0 Å². The highest BCUT2D eigenvalue weighted by Crippen LogP contribution is 2.24. The van der Waals surface area contributed by atoms with Crippen LogP contribution in [0.3, 0.4) is 0 Å². The molecule has 7 heteroatoms. The molecular weight excluding hydrogens is 288 g/mol. The van der Waals surface area contributed by atoms with Gasteiger partial charge in [-0.05, 0) is 31.3 Å². The molecule has 1 aromatic heterocycles. The molecule has 0 saturated heterocycles. The topological polar surface area (TPSA) is 96.8 Å². The van der Waals surface area contributed by atoms with Gasteiger partial charge < -0.3 is 9.52 Å². The molecular formula is C15H16N2O5. The van der Waals surface area contributed by atoms with Crippen molar-refractivity contribution in [3.05, 3.63) is 52.3 Å². The monoisotopic (exact) mass is 304 g/mol. The molecule has 1 heterocycles. The number of furan rings is 1. The molecule has 1 N–H and O–H groups in total. The van der Waals surface area contributed by atoms with Crippen LogP contribution in [0.1, 0.15) is 12.2 Å². The van der Waals surface area contributed by atoms with Crippen LogP contribution >= 0.6 is 0 Å². The van der Waals surface area contributed by atoms with Crippen LogP contribution in [0.15, 0.2) is 40.8 Å². The van der Waals surface area contributed by atoms with Gasteiger partial charge >= 0.3 is 5.97 Å². The highest BCUT2D eigenvalue weighted by Gasteiger charge is 2.10. The van der Waals surface area contributed by atoms with E-state index in [1.165, 1.54) is 12.1 Å². The first-order chi connectivity index (χ1) is 10.5. The molecule has 0 spiro atoms. The summed E-state index contributed by atoms with van der Waals surface area (Å²) < 4.78 is 5.69. The summed E-state index contributed by atoms with van der Waals surface area (Å²) in [7, 11) is 1.82. The number of carboxylic acids is 1. The summed E-state index contributed by atoms with van der Waals surface area (Å²) in [5.74, 6) is 0.496. The Morgan fingerprint density at radius 1 is 1.27 bits per heavy atom. The number of nitro benzene ring substituents is 1. The lowest BCUT2D eigenvalue weighted by Gasteiger charge is -2.13. The van der Waals surface area contributed by atoms with Gasteiger partial charge in [-0.3, -0.25) is 19.8 Å². The molecule has 0 bridgehead atoms. The predicted octanol–water partition coefficient (Wildman–Crippen LogP) is 2.76. The van der Waals surface area contributed by atoms with Crippen molar-refractivity contribution in [1.29, 1.82) is 0 Å². The Balaban J connectivity index is 2.01. The Bertz CT molecular complexity index is 663. The highest BCUT2D eigenvalue weighted by molar-refractivity contribution is 5.66. The molecule has 2 aromatic rings. The van der Waals surface area contributed by atoms with Crippen molar-refractivity contribution in [3.63, 3.8) is 0 Å². The van der Waals surface area contributed by atoms with E-state index in [2.05, 4.69) is 0 Å². The number of aliphatic carboxylic acids is 1. The van der Waals surface area contributed by atoms with Gasteiger partial charge in [-0.1, -0.05) is 0 Å². The van der Waals surface area contributed by atoms with E-state index in [-0.39, 0.29) is 12.1 Å². The fourth-order valence-corrected chi connectivity index (χ4v) is 2.00. The fourth-order valence-electron chi connectivity index (χ4n) is 2.00. The zero-order chi connectivity index (χ0) is 16.1. The van der Waals surface area contributed by atoms with Crippen LogP contribution < -0.4 is 0 Å². The second-order valence-electron chi connectivity index (χ2n) is 4.95. The lowest BCUT2D eigenvalue weighted by Crippen LogP contribution is -2.20. The fraction of sp³-hybridized carbons (Fsp3) is 0.267. The molecule has 0 aliphatic carbocycles. The van der Waals surface area contributed by atoms with Crippen LogP contribution in [-0.2, 0) is 11.3 Å². The van der Waals surface area contributed by atoms with E-state index in [1.54, 1.807) is 18.2 Å². The maximum Gasteiger partial charge on any atom is 0.304 e. The van der Waals surface area contributed by atoms with Crippen LogP contribution in [0, 0.1) is 10.1 Å². The molecule has 1 aromatic carbocycles. The largest absolute Gasteiger partial charge is 0.481 e. The number of hydrogen-bond donors (Lipinski definition) is 1. The summed E-state index contributed by atoms with van der Waals surface area (Å²) in [4.78, 5) is 22.5. The number of rotatable bonds is 7. The molecule has 2 rings (SSSR count). The van der Waals surface area contributed by atoms with Crippen molar-refractivity contribution in [2.75, 3.05) is 13.6 Å². The third-order valence-electron chi connectivity index (χ3n) is 3.16. The van der Waals surface area contributed by atoms with Crippen LogP contribution in [-0.4, -0.2) is 34.5 Å². The number of carboxylic acid groups (broad SMARTS) is 1. The average molecular weight is 304 g/mol. The SMILES string of the molecule is CN(CCC(=O)O)Cc1ccc(-c2ccc([N+](=O)[O-])cc2)o1. The number of nitro groups is 1. The Kier molecular flexibility index (Phi) is 4.90. The minimum atomic E-state index is -0.835. The molecule has 0 aliphatic heterocycles. The predicted molar refractivity (Wildman–Crippen MR) is 79.4 cm³/mol. The number of benzene rings is 1. The number of carbonyl (C=O) groups is 1. The van der Waals surface area contributed by atoms with E-state index in [1.807, 2.05) is 18.0 Å². The van der Waals surface area contributed by atoms with Crippen molar-refractivity contribution in [2.24, 2.45) is 0 Å². The molecule has 0 saturated carbocycles. The molecule has 0 aliphatic rings. The van der Waals surface area contributed by atoms with Gasteiger partial charge in [0.2, 0.25) is 0 Å². The van der Waals surface area contributed by atoms with Crippen molar-refractivity contribution in [3.8, 4) is 11.3 Å². The Morgan fingerprint density at radius 3 is 2.55 bits per heavy atom. The Morgan fingerprint density at radius 2 is 1.95 bits per heavy atom. The second kappa shape index (κ2) is 6.86. The standard InChI is InChI=1S/C15H16N2O5/c1-16(9-8-15(18)19)10-13-6-7-14(22-13)11-2-4-12(5-3-11)17(20)21/h2-7H,8-10H2,1H3,(H,18,19). The second-order valence-corrected chi connectivity index (χ2v) is 4.95. The van der Waals surface area contributed by atoms with E-state index >= 15 is 0 Å². The lowest BCUT2D eigenvalue weighted by atomic mass is 10.1. The van der Waals surface area contributed by atoms with E-state index in [9.17, 15) is 14.9 Å². The van der Waals surface area contributed by atoms with E-state index in [0.717, 1.165) is 5.56 Å². The van der Waals surface area contributed by atoms with E-state index < -0.39 is 10.9 Å². The summed E-state index contributed by atoms with van der Waals surface area (Å²) in [5.41, 5.74) is 0.786. The van der Waals surface area contributed by atoms with E-state index in [4.69, 9.17) is 9.52 Å². The lowest BCUT2D eigenvalue weighted by molar-refractivity contribution is -0.384. The normalized spacial score (nSPS) is 10.8. The molecule has 0 fully saturated rings. The van der Waals surface area contributed by atoms with Gasteiger partial charge in [0.25, 0.3) is 5.69 Å². The maximum atomic E-state index is 10.6. The highest BCUT2D eigenvalue weighted by atomic mass is 16.6. The molecule has 7 nitrogen and oxygen atoms in total. The van der Waals surface area contributed by atoms with Gasteiger partial charge in [0.15, 0.2) is 0 Å². The first-order valence-corrected chi connectivity index (χ1v) is 6.69. The van der Waals surface area contributed by atoms with Gasteiger partial charge in [-0.2, -0.15) is 0 Å². The first-order valence-electron chi connectivity index (χ1n) is 6.69. The van der Waals surface area contributed by atoms with Crippen molar-refractivity contribution >= 4 is 11.7 Å². The molecule has 0 amide bonds. The third-order valence-corrected chi connectivity index (χ3v) is 3.16. The van der Waals surface area contributed by atoms with Crippen molar-refractivity contribution in [2.45, 2.75) is 13.0 Å². The molecule has 0 atom stereocenters. The van der Waals surface area contributed by atoms with Crippen LogP contribution in [0.2, 0.25) is 0 Å². The van der Waals surface area contributed by atoms with Gasteiger partial charge in [-0.25, -0.2) is 0 Å². The van der Waals surface area contributed by atoms with Gasteiger partial charge in [0, 0.05) is 24.2 Å². The third kappa shape index (κ3) is 4.16. The molecule has 22 heavy (non-hydrogen) atoms. The van der Waals surface area contributed by atoms with Crippen LogP contribution in [0.4, 0.5) is 5.69 Å². The average Bonchev–Trinajstić information content (AvgIpc) is 2.93. The number of nitrogens with zero attached hydrogens (tertiary/aromatic N) is 2. The number of hydrogen-bond acceptors (Lipinski definition) is 5. The van der Waals surface area contributed by atoms with Crippen LogP contribution in [0.25, 0.3) is 11.3 Å².